The van der Waals surface area contributed by atoms with E-state index in [9.17, 15) is 18.0 Å². The summed E-state index contributed by atoms with van der Waals surface area (Å²) in [4.78, 5) is 12.7. The molecule has 3 nitrogen and oxygen atoms in total. The Bertz CT molecular complexity index is 646. The summed E-state index contributed by atoms with van der Waals surface area (Å²) in [7, 11) is 0. The number of alkyl halides is 3. The van der Waals surface area contributed by atoms with Crippen molar-refractivity contribution in [2.24, 2.45) is 5.10 Å². The molecule has 0 saturated heterocycles. The van der Waals surface area contributed by atoms with Crippen LogP contribution in [0.5, 0.6) is 0 Å². The van der Waals surface area contributed by atoms with Crippen LogP contribution in [0.25, 0.3) is 0 Å². The molecule has 1 aromatic carbocycles. The van der Waals surface area contributed by atoms with Crippen LogP contribution in [0.2, 0.25) is 0 Å². The number of hydrazone groups is 1. The van der Waals surface area contributed by atoms with Crippen LogP contribution in [0, 0.1) is 0 Å². The van der Waals surface area contributed by atoms with Crippen LogP contribution in [-0.2, 0) is 6.18 Å². The first-order chi connectivity index (χ1) is 9.88. The van der Waals surface area contributed by atoms with E-state index in [4.69, 9.17) is 0 Å². The maximum atomic E-state index is 12.4. The number of thiophene rings is 1. The second kappa shape index (κ2) is 6.09. The van der Waals surface area contributed by atoms with Crippen LogP contribution >= 0.6 is 11.3 Å². The van der Waals surface area contributed by atoms with Gasteiger partial charge in [0.2, 0.25) is 0 Å². The number of amides is 1. The number of benzene rings is 1. The molecule has 0 spiro atoms. The number of carbonyl (C=O) groups is 1. The molecule has 0 bridgehead atoms. The van der Waals surface area contributed by atoms with Gasteiger partial charge in [-0.25, -0.2) is 5.43 Å². The van der Waals surface area contributed by atoms with Gasteiger partial charge in [0.1, 0.15) is 0 Å². The molecule has 0 aliphatic rings. The van der Waals surface area contributed by atoms with Crippen LogP contribution in [0.1, 0.15) is 27.7 Å². The summed E-state index contributed by atoms with van der Waals surface area (Å²) >= 11 is 1.48. The molecule has 0 aliphatic carbocycles. The average Bonchev–Trinajstić information content (AvgIpc) is 2.98. The molecular weight excluding hydrogens is 301 g/mol. The van der Waals surface area contributed by atoms with E-state index in [1.165, 1.54) is 11.3 Å². The molecule has 0 radical (unpaired) electrons. The predicted molar refractivity (Wildman–Crippen MR) is 75.4 cm³/mol. The van der Waals surface area contributed by atoms with E-state index in [1.54, 1.807) is 6.92 Å². The van der Waals surface area contributed by atoms with E-state index in [-0.39, 0.29) is 5.56 Å². The fraction of sp³-hybridized carbons (Fsp3) is 0.143. The van der Waals surface area contributed by atoms with E-state index in [0.717, 1.165) is 29.1 Å². The summed E-state index contributed by atoms with van der Waals surface area (Å²) in [5, 5.41) is 5.80. The quantitative estimate of drug-likeness (QED) is 0.677. The van der Waals surface area contributed by atoms with Crippen molar-refractivity contribution in [1.29, 1.82) is 0 Å². The normalized spacial score (nSPS) is 12.3. The Morgan fingerprint density at radius 3 is 2.38 bits per heavy atom. The number of nitrogens with zero attached hydrogens (tertiary/aromatic N) is 1. The van der Waals surface area contributed by atoms with E-state index in [0.29, 0.717) is 5.71 Å². The van der Waals surface area contributed by atoms with E-state index in [1.807, 2.05) is 17.5 Å². The van der Waals surface area contributed by atoms with Crippen LogP contribution in [0.3, 0.4) is 0 Å². The summed E-state index contributed by atoms with van der Waals surface area (Å²) in [5.41, 5.74) is 2.27. The summed E-state index contributed by atoms with van der Waals surface area (Å²) in [6.07, 6.45) is -4.41. The van der Waals surface area contributed by atoms with Gasteiger partial charge in [0.25, 0.3) is 5.91 Å². The Hall–Kier alpha value is -2.15. The molecule has 21 heavy (non-hydrogen) atoms. The highest BCUT2D eigenvalue weighted by Gasteiger charge is 2.30. The Morgan fingerprint density at radius 2 is 1.86 bits per heavy atom. The van der Waals surface area contributed by atoms with Gasteiger partial charge >= 0.3 is 6.18 Å². The van der Waals surface area contributed by atoms with E-state index >= 15 is 0 Å². The SMILES string of the molecule is C/C(=N\NC(=O)c1ccc(C(F)(F)F)cc1)c1cccs1. The lowest BCUT2D eigenvalue weighted by atomic mass is 10.1. The molecule has 2 aromatic rings. The standard InChI is InChI=1S/C14H11F3N2OS/c1-9(12-3-2-8-21-12)18-19-13(20)10-4-6-11(7-5-10)14(15,16)17/h2-8H,1H3,(H,19,20)/b18-9+. The zero-order valence-electron chi connectivity index (χ0n) is 10.9. The topological polar surface area (TPSA) is 41.5 Å². The lowest BCUT2D eigenvalue weighted by Crippen LogP contribution is -2.19. The minimum absolute atomic E-state index is 0.116. The van der Waals surface area contributed by atoms with Gasteiger partial charge < -0.3 is 0 Å². The van der Waals surface area contributed by atoms with Crippen LogP contribution in [-0.4, -0.2) is 11.6 Å². The Morgan fingerprint density at radius 1 is 1.19 bits per heavy atom. The van der Waals surface area contributed by atoms with Gasteiger partial charge in [-0.15, -0.1) is 11.3 Å². The first-order valence-electron chi connectivity index (χ1n) is 5.93. The molecule has 0 aliphatic heterocycles. The van der Waals surface area contributed by atoms with Gasteiger partial charge in [-0.05, 0) is 42.6 Å². The summed E-state index contributed by atoms with van der Waals surface area (Å²) < 4.78 is 37.2. The zero-order valence-corrected chi connectivity index (χ0v) is 11.8. The molecule has 1 amide bonds. The highest BCUT2D eigenvalue weighted by Crippen LogP contribution is 2.29. The average molecular weight is 312 g/mol. The highest BCUT2D eigenvalue weighted by atomic mass is 32.1. The number of halogens is 3. The van der Waals surface area contributed by atoms with Crippen LogP contribution in [0.15, 0.2) is 46.9 Å². The van der Waals surface area contributed by atoms with Crippen LogP contribution < -0.4 is 5.43 Å². The Labute approximate surface area is 123 Å². The molecule has 0 saturated carbocycles. The number of rotatable bonds is 3. The van der Waals surface area contributed by atoms with Crippen LogP contribution in [0.4, 0.5) is 13.2 Å². The summed E-state index contributed by atoms with van der Waals surface area (Å²) in [6.45, 7) is 1.73. The molecule has 1 aromatic heterocycles. The fourth-order valence-electron chi connectivity index (χ4n) is 1.55. The van der Waals surface area contributed by atoms with Gasteiger partial charge in [0, 0.05) is 10.4 Å². The molecule has 7 heteroatoms. The zero-order chi connectivity index (χ0) is 15.5. The van der Waals surface area contributed by atoms with Crippen molar-refractivity contribution in [2.45, 2.75) is 13.1 Å². The molecule has 1 N–H and O–H groups in total. The van der Waals surface area contributed by atoms with Crippen molar-refractivity contribution in [3.63, 3.8) is 0 Å². The van der Waals surface area contributed by atoms with Crippen molar-refractivity contribution in [2.75, 3.05) is 0 Å². The van der Waals surface area contributed by atoms with E-state index in [2.05, 4.69) is 10.5 Å². The highest BCUT2D eigenvalue weighted by molar-refractivity contribution is 7.12. The van der Waals surface area contributed by atoms with Gasteiger partial charge in [0.05, 0.1) is 11.3 Å². The monoisotopic (exact) mass is 312 g/mol. The van der Waals surface area contributed by atoms with Gasteiger partial charge in [0.15, 0.2) is 0 Å². The van der Waals surface area contributed by atoms with Crippen molar-refractivity contribution < 1.29 is 18.0 Å². The second-order valence-electron chi connectivity index (χ2n) is 4.19. The maximum Gasteiger partial charge on any atom is 0.416 e. The predicted octanol–water partition coefficient (Wildman–Crippen LogP) is 3.92. The van der Waals surface area contributed by atoms with Crippen molar-refractivity contribution in [3.05, 3.63) is 57.8 Å². The first-order valence-corrected chi connectivity index (χ1v) is 6.81. The van der Waals surface area contributed by atoms with E-state index < -0.39 is 17.6 Å². The lowest BCUT2D eigenvalue weighted by molar-refractivity contribution is -0.137. The summed E-state index contributed by atoms with van der Waals surface area (Å²) in [6, 6.07) is 7.68. The molecule has 1 heterocycles. The molecule has 0 atom stereocenters. The van der Waals surface area contributed by atoms with Gasteiger partial charge in [-0.2, -0.15) is 18.3 Å². The minimum atomic E-state index is -4.41. The Kier molecular flexibility index (Phi) is 4.42. The summed E-state index contributed by atoms with van der Waals surface area (Å²) in [5.74, 6) is -0.556. The molecule has 0 fully saturated rings. The molecule has 0 unspecified atom stereocenters. The minimum Gasteiger partial charge on any atom is -0.267 e. The third-order valence-electron chi connectivity index (χ3n) is 2.68. The van der Waals surface area contributed by atoms with Gasteiger partial charge in [-0.3, -0.25) is 4.79 Å². The molecular formula is C14H11F3N2OS. The third kappa shape index (κ3) is 3.91. The van der Waals surface area contributed by atoms with Crippen molar-refractivity contribution >= 4 is 23.0 Å². The number of carbonyl (C=O) groups excluding carboxylic acids is 1. The maximum absolute atomic E-state index is 12.4. The lowest BCUT2D eigenvalue weighted by Gasteiger charge is -2.07. The fourth-order valence-corrected chi connectivity index (χ4v) is 2.23. The van der Waals surface area contributed by atoms with Crippen molar-refractivity contribution in [3.8, 4) is 0 Å². The number of nitrogens with one attached hydrogen (secondary N) is 1. The first kappa shape index (κ1) is 15.2. The van der Waals surface area contributed by atoms with Gasteiger partial charge in [-0.1, -0.05) is 6.07 Å². The Balaban J connectivity index is 2.06. The smallest absolute Gasteiger partial charge is 0.267 e. The largest absolute Gasteiger partial charge is 0.416 e. The third-order valence-corrected chi connectivity index (χ3v) is 3.66. The number of hydrogen-bond donors (Lipinski definition) is 1. The molecule has 110 valence electrons. The number of hydrogen-bond acceptors (Lipinski definition) is 3. The second-order valence-corrected chi connectivity index (χ2v) is 5.14. The molecule has 2 rings (SSSR count). The van der Waals surface area contributed by atoms with Crippen molar-refractivity contribution in [1.82, 2.24) is 5.43 Å².